The Morgan fingerprint density at radius 3 is 2.21 bits per heavy atom. The van der Waals surface area contributed by atoms with E-state index in [0.717, 1.165) is 5.56 Å². The van der Waals surface area contributed by atoms with Gasteiger partial charge < -0.3 is 10.2 Å². The summed E-state index contributed by atoms with van der Waals surface area (Å²) in [6.07, 6.45) is 2.93. The average molecular weight is 471 g/mol. The summed E-state index contributed by atoms with van der Waals surface area (Å²) in [4.78, 5) is 30.3. The highest BCUT2D eigenvalue weighted by molar-refractivity contribution is 7.92. The van der Waals surface area contributed by atoms with Crippen molar-refractivity contribution in [2.75, 3.05) is 17.8 Å². The van der Waals surface area contributed by atoms with Crippen LogP contribution < -0.4 is 10.0 Å². The first-order valence-corrected chi connectivity index (χ1v) is 11.6. The van der Waals surface area contributed by atoms with Crippen LogP contribution in [0.25, 0.3) is 0 Å². The van der Waals surface area contributed by atoms with Crippen LogP contribution in [0, 0.1) is 5.82 Å². The lowest BCUT2D eigenvalue weighted by molar-refractivity contribution is -0.121. The number of aromatic nitrogens is 1. The molecule has 0 atom stereocenters. The highest BCUT2D eigenvalue weighted by Crippen LogP contribution is 2.17. The number of hydrogen-bond donors (Lipinski definition) is 2. The normalized spacial score (nSPS) is 11.0. The summed E-state index contributed by atoms with van der Waals surface area (Å²) in [5.74, 6) is -1.13. The Labute approximate surface area is 191 Å². The van der Waals surface area contributed by atoms with Gasteiger partial charge in [-0.3, -0.25) is 19.3 Å². The summed E-state index contributed by atoms with van der Waals surface area (Å²) in [6.45, 7) is 2.07. The van der Waals surface area contributed by atoms with Crippen LogP contribution in [0.4, 0.5) is 10.1 Å². The first-order valence-electron chi connectivity index (χ1n) is 10.1. The Balaban J connectivity index is 1.61. The molecule has 1 aromatic heterocycles. The number of carbonyl (C=O) groups is 2. The van der Waals surface area contributed by atoms with Crippen LogP contribution in [0.5, 0.6) is 0 Å². The Kier molecular flexibility index (Phi) is 7.73. The number of nitrogens with zero attached hydrogens (tertiary/aromatic N) is 2. The minimum absolute atomic E-state index is 0.00375. The summed E-state index contributed by atoms with van der Waals surface area (Å²) in [7, 11) is -3.83. The molecule has 2 amide bonds. The molecule has 0 saturated heterocycles. The number of anilines is 1. The number of pyridine rings is 1. The Bertz CT molecular complexity index is 1200. The molecule has 0 aliphatic rings. The topological polar surface area (TPSA) is 108 Å². The van der Waals surface area contributed by atoms with E-state index < -0.39 is 15.9 Å². The molecular weight excluding hydrogens is 447 g/mol. The van der Waals surface area contributed by atoms with Crippen LogP contribution >= 0.6 is 0 Å². The summed E-state index contributed by atoms with van der Waals surface area (Å²) >= 11 is 0. The van der Waals surface area contributed by atoms with Crippen molar-refractivity contribution in [1.82, 2.24) is 15.2 Å². The summed E-state index contributed by atoms with van der Waals surface area (Å²) < 4.78 is 40.5. The van der Waals surface area contributed by atoms with Gasteiger partial charge in [0.2, 0.25) is 5.91 Å². The van der Waals surface area contributed by atoms with E-state index in [9.17, 15) is 22.4 Å². The predicted octanol–water partition coefficient (Wildman–Crippen LogP) is 2.80. The monoisotopic (exact) mass is 470 g/mol. The lowest BCUT2D eigenvalue weighted by Gasteiger charge is -2.20. The molecule has 1 heterocycles. The van der Waals surface area contributed by atoms with Gasteiger partial charge in [0.15, 0.2) is 0 Å². The molecule has 2 N–H and O–H groups in total. The van der Waals surface area contributed by atoms with Gasteiger partial charge in [-0.05, 0) is 61.0 Å². The average Bonchev–Trinajstić information content (AvgIpc) is 2.82. The SMILES string of the molecule is CCN(CC(=O)NCc1ccc(F)cc1)C(=O)c1ccc(S(=O)(=O)Nc2ccncc2)cc1. The maximum absolute atomic E-state index is 13.0. The molecule has 172 valence electrons. The minimum atomic E-state index is -3.83. The third-order valence-corrected chi connectivity index (χ3v) is 6.15. The van der Waals surface area contributed by atoms with E-state index in [2.05, 4.69) is 15.0 Å². The summed E-state index contributed by atoms with van der Waals surface area (Å²) in [5, 5.41) is 2.69. The van der Waals surface area contributed by atoms with Gasteiger partial charge in [0.05, 0.1) is 17.1 Å². The first kappa shape index (κ1) is 23.9. The van der Waals surface area contributed by atoms with Crippen LogP contribution in [-0.2, 0) is 21.4 Å². The van der Waals surface area contributed by atoms with Crippen LogP contribution in [0.15, 0.2) is 78.0 Å². The van der Waals surface area contributed by atoms with Gasteiger partial charge >= 0.3 is 0 Å². The van der Waals surface area contributed by atoms with Crippen LogP contribution in [0.1, 0.15) is 22.8 Å². The third-order valence-electron chi connectivity index (χ3n) is 4.75. The zero-order chi connectivity index (χ0) is 23.8. The smallest absolute Gasteiger partial charge is 0.261 e. The largest absolute Gasteiger partial charge is 0.350 e. The third kappa shape index (κ3) is 6.59. The van der Waals surface area contributed by atoms with Gasteiger partial charge in [-0.15, -0.1) is 0 Å². The molecule has 0 radical (unpaired) electrons. The second-order valence-electron chi connectivity index (χ2n) is 7.09. The molecule has 0 saturated carbocycles. The fourth-order valence-corrected chi connectivity index (χ4v) is 4.01. The number of nitrogens with one attached hydrogen (secondary N) is 2. The second-order valence-corrected chi connectivity index (χ2v) is 8.77. The number of carbonyl (C=O) groups excluding carboxylic acids is 2. The van der Waals surface area contributed by atoms with Crippen LogP contribution in [0.3, 0.4) is 0 Å². The highest BCUT2D eigenvalue weighted by atomic mass is 32.2. The molecular formula is C23H23FN4O4S. The molecule has 8 nitrogen and oxygen atoms in total. The predicted molar refractivity (Wildman–Crippen MR) is 121 cm³/mol. The van der Waals surface area contributed by atoms with Crippen molar-refractivity contribution in [3.05, 3.63) is 90.0 Å². The molecule has 3 aromatic rings. The zero-order valence-electron chi connectivity index (χ0n) is 17.9. The number of hydrogen-bond acceptors (Lipinski definition) is 5. The molecule has 3 rings (SSSR count). The van der Waals surface area contributed by atoms with Crippen molar-refractivity contribution >= 4 is 27.5 Å². The van der Waals surface area contributed by atoms with Gasteiger partial charge in [0.1, 0.15) is 5.82 Å². The van der Waals surface area contributed by atoms with Gasteiger partial charge in [-0.1, -0.05) is 12.1 Å². The maximum Gasteiger partial charge on any atom is 0.261 e. The van der Waals surface area contributed by atoms with E-state index in [0.29, 0.717) is 5.69 Å². The lowest BCUT2D eigenvalue weighted by atomic mass is 10.2. The summed E-state index contributed by atoms with van der Waals surface area (Å²) in [6, 6.07) is 14.3. The molecule has 0 fully saturated rings. The fraction of sp³-hybridized carbons (Fsp3) is 0.174. The van der Waals surface area contributed by atoms with E-state index in [-0.39, 0.29) is 41.8 Å². The van der Waals surface area contributed by atoms with Gasteiger partial charge in [0, 0.05) is 31.0 Å². The van der Waals surface area contributed by atoms with E-state index in [1.165, 1.54) is 65.8 Å². The molecule has 10 heteroatoms. The van der Waals surface area contributed by atoms with Crippen molar-refractivity contribution in [3.8, 4) is 0 Å². The second kappa shape index (κ2) is 10.7. The van der Waals surface area contributed by atoms with E-state index in [1.54, 1.807) is 19.1 Å². The van der Waals surface area contributed by atoms with Gasteiger partial charge in [-0.2, -0.15) is 0 Å². The summed E-state index contributed by atoms with van der Waals surface area (Å²) in [5.41, 5.74) is 1.36. The molecule has 0 aliphatic carbocycles. The Hall–Kier alpha value is -3.79. The van der Waals surface area contributed by atoms with Gasteiger partial charge in [-0.25, -0.2) is 12.8 Å². The number of halogens is 1. The van der Waals surface area contributed by atoms with Crippen molar-refractivity contribution in [2.24, 2.45) is 0 Å². The lowest BCUT2D eigenvalue weighted by Crippen LogP contribution is -2.40. The van der Waals surface area contributed by atoms with Crippen LogP contribution in [0.2, 0.25) is 0 Å². The quantitative estimate of drug-likeness (QED) is 0.500. The maximum atomic E-state index is 13.0. The Morgan fingerprint density at radius 2 is 1.61 bits per heavy atom. The van der Waals surface area contributed by atoms with Crippen molar-refractivity contribution in [2.45, 2.75) is 18.4 Å². The molecule has 0 spiro atoms. The first-order chi connectivity index (χ1) is 15.8. The van der Waals surface area contributed by atoms with Crippen molar-refractivity contribution < 1.29 is 22.4 Å². The zero-order valence-corrected chi connectivity index (χ0v) is 18.7. The van der Waals surface area contributed by atoms with E-state index >= 15 is 0 Å². The minimum Gasteiger partial charge on any atom is -0.350 e. The molecule has 33 heavy (non-hydrogen) atoms. The number of rotatable bonds is 9. The molecule has 0 aliphatic heterocycles. The van der Waals surface area contributed by atoms with E-state index in [4.69, 9.17) is 0 Å². The highest BCUT2D eigenvalue weighted by Gasteiger charge is 2.19. The molecule has 0 unspecified atom stereocenters. The Morgan fingerprint density at radius 1 is 0.970 bits per heavy atom. The van der Waals surface area contributed by atoms with Crippen LogP contribution in [-0.4, -0.2) is 43.2 Å². The fourth-order valence-electron chi connectivity index (χ4n) is 2.95. The standard InChI is InChI=1S/C23H23FN4O4S/c1-2-28(16-22(29)26-15-17-3-7-19(24)8-4-17)23(30)18-5-9-21(10-6-18)33(31,32)27-20-11-13-25-14-12-20/h3-14H,2,15-16H2,1H3,(H,25,27)(H,26,29). The molecule has 2 aromatic carbocycles. The van der Waals surface area contributed by atoms with Gasteiger partial charge in [0.25, 0.3) is 15.9 Å². The number of likely N-dealkylation sites (N-methyl/N-ethyl adjacent to an activating group) is 1. The molecule has 0 bridgehead atoms. The number of benzene rings is 2. The van der Waals surface area contributed by atoms with E-state index in [1.807, 2.05) is 0 Å². The van der Waals surface area contributed by atoms with Crippen molar-refractivity contribution in [1.29, 1.82) is 0 Å². The number of amides is 2. The van der Waals surface area contributed by atoms with Crippen molar-refractivity contribution in [3.63, 3.8) is 0 Å². The number of sulfonamides is 1.